The third kappa shape index (κ3) is 6.03. The van der Waals surface area contributed by atoms with Crippen molar-refractivity contribution in [1.29, 1.82) is 0 Å². The molecule has 5 N–H and O–H groups in total. The van der Waals surface area contributed by atoms with Crippen LogP contribution in [0.2, 0.25) is 0 Å². The van der Waals surface area contributed by atoms with Gasteiger partial charge in [-0.15, -0.1) is 0 Å². The van der Waals surface area contributed by atoms with Crippen LogP contribution in [-0.4, -0.2) is 81.8 Å². The van der Waals surface area contributed by atoms with Gasteiger partial charge in [-0.25, -0.2) is 0 Å². The number of hydrogen-bond donors (Lipinski definition) is 5. The summed E-state index contributed by atoms with van der Waals surface area (Å²) in [7, 11) is 0. The fourth-order valence-electron chi connectivity index (χ4n) is 3.29. The van der Waals surface area contributed by atoms with E-state index in [-0.39, 0.29) is 19.1 Å². The van der Waals surface area contributed by atoms with Gasteiger partial charge in [0.2, 0.25) is 5.91 Å². The molecule has 1 aromatic carbocycles. The molecular formula is C19H30N2O5. The van der Waals surface area contributed by atoms with Crippen LogP contribution in [0.5, 0.6) is 0 Å². The zero-order valence-corrected chi connectivity index (χ0v) is 15.0. The van der Waals surface area contributed by atoms with E-state index in [9.17, 15) is 25.2 Å². The van der Waals surface area contributed by atoms with Crippen LogP contribution < -0.4 is 5.32 Å². The smallest absolute Gasteiger partial charge is 0.220 e. The number of hydrogen-bond acceptors (Lipinski definition) is 6. The van der Waals surface area contributed by atoms with Gasteiger partial charge in [0.1, 0.15) is 12.2 Å². The zero-order valence-electron chi connectivity index (χ0n) is 15.0. The Kier molecular flexibility index (Phi) is 8.47. The number of carbonyl (C=O) groups is 1. The maximum Gasteiger partial charge on any atom is 0.220 e. The Hall–Kier alpha value is -1.51. The molecule has 1 aliphatic heterocycles. The van der Waals surface area contributed by atoms with Crippen LogP contribution in [0, 0.1) is 0 Å². The zero-order chi connectivity index (χ0) is 18.9. The van der Waals surface area contributed by atoms with Gasteiger partial charge in [-0.05, 0) is 31.4 Å². The number of piperidine rings is 1. The Morgan fingerprint density at radius 3 is 2.54 bits per heavy atom. The van der Waals surface area contributed by atoms with Crippen molar-refractivity contribution in [3.8, 4) is 0 Å². The highest BCUT2D eigenvalue weighted by atomic mass is 16.4. The van der Waals surface area contributed by atoms with Gasteiger partial charge >= 0.3 is 0 Å². The lowest BCUT2D eigenvalue weighted by Crippen LogP contribution is -2.62. The fraction of sp³-hybridized carbons (Fsp3) is 0.632. The number of carbonyl (C=O) groups excluding carboxylic acids is 1. The molecule has 146 valence electrons. The number of aliphatic hydroxyl groups is 4. The molecule has 7 heteroatoms. The highest BCUT2D eigenvalue weighted by molar-refractivity contribution is 5.76. The Bertz CT molecular complexity index is 542. The average Bonchev–Trinajstić information content (AvgIpc) is 2.65. The maximum absolute atomic E-state index is 11.9. The second-order valence-corrected chi connectivity index (χ2v) is 6.84. The van der Waals surface area contributed by atoms with Crippen molar-refractivity contribution in [3.63, 3.8) is 0 Å². The van der Waals surface area contributed by atoms with E-state index in [1.807, 2.05) is 30.3 Å². The molecule has 2 rings (SSSR count). The lowest BCUT2D eigenvalue weighted by atomic mass is 9.94. The normalized spacial score (nSPS) is 26.6. The summed E-state index contributed by atoms with van der Waals surface area (Å²) in [6.07, 6.45) is -0.722. The van der Waals surface area contributed by atoms with Crippen molar-refractivity contribution in [2.75, 3.05) is 26.2 Å². The number of nitrogens with zero attached hydrogens (tertiary/aromatic N) is 1. The minimum atomic E-state index is -1.23. The van der Waals surface area contributed by atoms with Crippen molar-refractivity contribution in [1.82, 2.24) is 10.2 Å². The van der Waals surface area contributed by atoms with Gasteiger partial charge in [0.15, 0.2) is 0 Å². The summed E-state index contributed by atoms with van der Waals surface area (Å²) in [6, 6.07) is 9.30. The summed E-state index contributed by atoms with van der Waals surface area (Å²) in [5, 5.41) is 41.7. The molecule has 1 saturated heterocycles. The van der Waals surface area contributed by atoms with Gasteiger partial charge in [0.05, 0.1) is 18.8 Å². The minimum absolute atomic E-state index is 0.0222. The topological polar surface area (TPSA) is 113 Å². The highest BCUT2D eigenvalue weighted by Gasteiger charge is 2.40. The van der Waals surface area contributed by atoms with Crippen LogP contribution in [0.3, 0.4) is 0 Å². The highest BCUT2D eigenvalue weighted by Crippen LogP contribution is 2.19. The summed E-state index contributed by atoms with van der Waals surface area (Å²) in [6.45, 7) is 1.08. The number of rotatable bonds is 9. The number of amides is 1. The van der Waals surface area contributed by atoms with Gasteiger partial charge in [0, 0.05) is 19.5 Å². The van der Waals surface area contributed by atoms with Gasteiger partial charge < -0.3 is 25.7 Å². The molecule has 1 aliphatic rings. The van der Waals surface area contributed by atoms with Crippen molar-refractivity contribution in [2.24, 2.45) is 0 Å². The van der Waals surface area contributed by atoms with E-state index < -0.39 is 24.4 Å². The van der Waals surface area contributed by atoms with E-state index >= 15 is 0 Å². The van der Waals surface area contributed by atoms with Gasteiger partial charge in [-0.1, -0.05) is 30.3 Å². The standard InChI is InChI=1S/C19H30N2O5/c22-13-15-18(25)19(26)16(23)12-21(15)11-5-4-10-20-17(24)9-8-14-6-2-1-3-7-14/h1-3,6-7,15-16,18-19,22-23,25-26H,4-5,8-13H2,(H,20,24)/t15-,16+,18-,19-/m1/s1. The fourth-order valence-corrected chi connectivity index (χ4v) is 3.29. The number of aliphatic hydroxyl groups excluding tert-OH is 4. The van der Waals surface area contributed by atoms with E-state index in [4.69, 9.17) is 0 Å². The Labute approximate surface area is 154 Å². The average molecular weight is 366 g/mol. The van der Waals surface area contributed by atoms with Crippen molar-refractivity contribution < 1.29 is 25.2 Å². The number of β-amino-alcohol motifs (C(OH)–C–C–N with tert-alkyl or cyclic N) is 1. The Balaban J connectivity index is 1.61. The third-order valence-corrected chi connectivity index (χ3v) is 4.89. The summed E-state index contributed by atoms with van der Waals surface area (Å²) in [4.78, 5) is 13.6. The van der Waals surface area contributed by atoms with Gasteiger partial charge in [0.25, 0.3) is 0 Å². The number of likely N-dealkylation sites (tertiary alicyclic amines) is 1. The van der Waals surface area contributed by atoms with Crippen LogP contribution in [-0.2, 0) is 11.2 Å². The van der Waals surface area contributed by atoms with Crippen LogP contribution in [0.1, 0.15) is 24.8 Å². The van der Waals surface area contributed by atoms with Crippen LogP contribution >= 0.6 is 0 Å². The first-order chi connectivity index (χ1) is 12.5. The first-order valence-electron chi connectivity index (χ1n) is 9.22. The first-order valence-corrected chi connectivity index (χ1v) is 9.22. The van der Waals surface area contributed by atoms with E-state index in [0.717, 1.165) is 24.8 Å². The molecule has 1 fully saturated rings. The predicted octanol–water partition coefficient (Wildman–Crippen LogP) is -0.725. The Morgan fingerprint density at radius 2 is 1.85 bits per heavy atom. The van der Waals surface area contributed by atoms with E-state index in [0.29, 0.717) is 19.5 Å². The van der Waals surface area contributed by atoms with Crippen molar-refractivity contribution >= 4 is 5.91 Å². The summed E-state index contributed by atoms with van der Waals surface area (Å²) < 4.78 is 0. The van der Waals surface area contributed by atoms with E-state index in [1.54, 1.807) is 4.90 Å². The van der Waals surface area contributed by atoms with E-state index in [1.165, 1.54) is 0 Å². The second-order valence-electron chi connectivity index (χ2n) is 6.84. The molecule has 0 aliphatic carbocycles. The molecule has 0 spiro atoms. The molecule has 1 amide bonds. The first kappa shape index (κ1) is 20.8. The summed E-state index contributed by atoms with van der Waals surface area (Å²) in [5.41, 5.74) is 1.14. The maximum atomic E-state index is 11.9. The predicted molar refractivity (Wildman–Crippen MR) is 97.5 cm³/mol. The molecule has 0 unspecified atom stereocenters. The number of unbranched alkanes of at least 4 members (excludes halogenated alkanes) is 1. The largest absolute Gasteiger partial charge is 0.395 e. The molecule has 0 radical (unpaired) electrons. The van der Waals surface area contributed by atoms with Crippen LogP contribution in [0.15, 0.2) is 30.3 Å². The lowest BCUT2D eigenvalue weighted by Gasteiger charge is -2.43. The lowest BCUT2D eigenvalue weighted by molar-refractivity contribution is -0.145. The quantitative estimate of drug-likeness (QED) is 0.369. The number of aryl methyl sites for hydroxylation is 1. The van der Waals surface area contributed by atoms with Crippen LogP contribution in [0.4, 0.5) is 0 Å². The molecule has 1 aromatic rings. The molecule has 4 atom stereocenters. The second kappa shape index (κ2) is 10.6. The van der Waals surface area contributed by atoms with Crippen molar-refractivity contribution in [2.45, 2.75) is 50.0 Å². The van der Waals surface area contributed by atoms with Crippen molar-refractivity contribution in [3.05, 3.63) is 35.9 Å². The van der Waals surface area contributed by atoms with Gasteiger partial charge in [-0.2, -0.15) is 0 Å². The molecule has 7 nitrogen and oxygen atoms in total. The molecule has 0 aromatic heterocycles. The monoisotopic (exact) mass is 366 g/mol. The third-order valence-electron chi connectivity index (χ3n) is 4.89. The summed E-state index contributed by atoms with van der Waals surface area (Å²) >= 11 is 0. The molecule has 0 saturated carbocycles. The minimum Gasteiger partial charge on any atom is -0.395 e. The van der Waals surface area contributed by atoms with Gasteiger partial charge in [-0.3, -0.25) is 9.69 Å². The number of nitrogens with one attached hydrogen (secondary N) is 1. The molecule has 1 heterocycles. The summed E-state index contributed by atoms with van der Waals surface area (Å²) in [5.74, 6) is 0.0222. The SMILES string of the molecule is O=C(CCc1ccccc1)NCCCCN1C[C@H](O)[C@@H](O)[C@H](O)[C@H]1CO. The molecule has 0 bridgehead atoms. The molecular weight excluding hydrogens is 336 g/mol. The van der Waals surface area contributed by atoms with E-state index in [2.05, 4.69) is 5.32 Å². The molecule has 26 heavy (non-hydrogen) atoms. The van der Waals surface area contributed by atoms with Crippen LogP contribution in [0.25, 0.3) is 0 Å². The number of benzene rings is 1. The Morgan fingerprint density at radius 1 is 1.12 bits per heavy atom.